The Morgan fingerprint density at radius 1 is 1.13 bits per heavy atom. The molecule has 0 saturated carbocycles. The van der Waals surface area contributed by atoms with E-state index in [-0.39, 0.29) is 19.0 Å². The molecular formula is C21H25N5O4. The van der Waals surface area contributed by atoms with Crippen LogP contribution in [0.4, 0.5) is 10.5 Å². The van der Waals surface area contributed by atoms with Crippen LogP contribution in [0.3, 0.4) is 0 Å². The highest BCUT2D eigenvalue weighted by Crippen LogP contribution is 2.12. The maximum atomic E-state index is 12.6. The number of furan rings is 1. The van der Waals surface area contributed by atoms with Crippen LogP contribution in [0.15, 0.2) is 47.1 Å². The van der Waals surface area contributed by atoms with Gasteiger partial charge >= 0.3 is 6.03 Å². The largest absolute Gasteiger partial charge is 0.467 e. The molecule has 9 heteroatoms. The average molecular weight is 411 g/mol. The van der Waals surface area contributed by atoms with Gasteiger partial charge in [-0.25, -0.2) is 4.79 Å². The standard InChI is InChI=1S/C21H25N5O4/c1-14(2)11-18(20(28)23-9-8-22)26-19(27)15-5-3-6-16(12-15)25-21(29)24-13-17-7-4-10-30-17/h3-7,10,12,14,18H,9,11,13H2,1-2H3,(H,23,28)(H,26,27)(H2,24,25,29). The fraction of sp³-hybridized carbons (Fsp3) is 0.333. The highest BCUT2D eigenvalue weighted by Gasteiger charge is 2.22. The monoisotopic (exact) mass is 411 g/mol. The number of carbonyl (C=O) groups excluding carboxylic acids is 3. The first-order chi connectivity index (χ1) is 14.4. The Hall–Kier alpha value is -3.80. The molecule has 0 fully saturated rings. The predicted octanol–water partition coefficient (Wildman–Crippen LogP) is 2.39. The third-order valence-corrected chi connectivity index (χ3v) is 4.06. The smallest absolute Gasteiger partial charge is 0.319 e. The van der Waals surface area contributed by atoms with Gasteiger partial charge in [0.2, 0.25) is 5.91 Å². The second-order valence-electron chi connectivity index (χ2n) is 7.00. The van der Waals surface area contributed by atoms with Gasteiger partial charge in [0, 0.05) is 11.3 Å². The maximum Gasteiger partial charge on any atom is 0.319 e. The summed E-state index contributed by atoms with van der Waals surface area (Å²) in [6, 6.07) is 10.5. The molecule has 1 atom stereocenters. The zero-order chi connectivity index (χ0) is 21.9. The summed E-state index contributed by atoms with van der Waals surface area (Å²) in [6.45, 7) is 3.97. The van der Waals surface area contributed by atoms with Gasteiger partial charge in [-0.2, -0.15) is 5.26 Å². The first-order valence-corrected chi connectivity index (χ1v) is 9.52. The quantitative estimate of drug-likeness (QED) is 0.470. The number of nitrogens with one attached hydrogen (secondary N) is 4. The van der Waals surface area contributed by atoms with Gasteiger partial charge in [-0.1, -0.05) is 19.9 Å². The number of benzene rings is 1. The van der Waals surface area contributed by atoms with Gasteiger partial charge in [0.25, 0.3) is 5.91 Å². The first kappa shape index (κ1) is 22.5. The minimum atomic E-state index is -0.765. The lowest BCUT2D eigenvalue weighted by atomic mass is 10.0. The van der Waals surface area contributed by atoms with E-state index >= 15 is 0 Å². The Morgan fingerprint density at radius 3 is 2.60 bits per heavy atom. The van der Waals surface area contributed by atoms with Crippen LogP contribution < -0.4 is 21.3 Å². The van der Waals surface area contributed by atoms with Crippen LogP contribution in [-0.4, -0.2) is 30.4 Å². The molecule has 2 rings (SSSR count). The van der Waals surface area contributed by atoms with E-state index in [1.54, 1.807) is 30.3 Å². The second kappa shape index (κ2) is 11.3. The zero-order valence-electron chi connectivity index (χ0n) is 16.9. The summed E-state index contributed by atoms with van der Waals surface area (Å²) >= 11 is 0. The van der Waals surface area contributed by atoms with Crippen LogP contribution in [0, 0.1) is 17.2 Å². The zero-order valence-corrected chi connectivity index (χ0v) is 16.9. The number of hydrogen-bond acceptors (Lipinski definition) is 5. The van der Waals surface area contributed by atoms with E-state index in [4.69, 9.17) is 9.68 Å². The van der Waals surface area contributed by atoms with Gasteiger partial charge in [0.15, 0.2) is 0 Å². The van der Waals surface area contributed by atoms with Crippen molar-refractivity contribution in [1.82, 2.24) is 16.0 Å². The molecule has 158 valence electrons. The Morgan fingerprint density at radius 2 is 1.93 bits per heavy atom. The Bertz CT molecular complexity index is 902. The normalized spacial score (nSPS) is 11.3. The fourth-order valence-electron chi connectivity index (χ4n) is 2.69. The van der Waals surface area contributed by atoms with Crippen molar-refractivity contribution in [2.24, 2.45) is 5.92 Å². The number of amides is 4. The molecule has 0 aliphatic heterocycles. The summed E-state index contributed by atoms with van der Waals surface area (Å²) < 4.78 is 5.15. The maximum absolute atomic E-state index is 12.6. The van der Waals surface area contributed by atoms with Gasteiger partial charge in [-0.3, -0.25) is 9.59 Å². The minimum Gasteiger partial charge on any atom is -0.467 e. The summed E-state index contributed by atoms with van der Waals surface area (Å²) in [5.41, 5.74) is 0.717. The Labute approximate surface area is 174 Å². The van der Waals surface area contributed by atoms with E-state index in [0.717, 1.165) is 0 Å². The number of carbonyl (C=O) groups is 3. The molecule has 0 saturated heterocycles. The fourth-order valence-corrected chi connectivity index (χ4v) is 2.69. The summed E-state index contributed by atoms with van der Waals surface area (Å²) in [6.07, 6.45) is 1.94. The van der Waals surface area contributed by atoms with Crippen LogP contribution in [0.1, 0.15) is 36.4 Å². The highest BCUT2D eigenvalue weighted by molar-refractivity contribution is 5.99. The first-order valence-electron chi connectivity index (χ1n) is 9.52. The molecular weight excluding hydrogens is 386 g/mol. The molecule has 0 aliphatic rings. The summed E-state index contributed by atoms with van der Waals surface area (Å²) in [5.74, 6) is -0.0873. The SMILES string of the molecule is CC(C)CC(NC(=O)c1cccc(NC(=O)NCc2ccco2)c1)C(=O)NCC#N. The van der Waals surface area contributed by atoms with E-state index in [1.807, 2.05) is 19.9 Å². The third-order valence-electron chi connectivity index (χ3n) is 4.06. The number of urea groups is 1. The van der Waals surface area contributed by atoms with Crippen molar-refractivity contribution in [2.45, 2.75) is 32.9 Å². The summed E-state index contributed by atoms with van der Waals surface area (Å²) in [5, 5.41) is 19.1. The second-order valence-corrected chi connectivity index (χ2v) is 7.00. The van der Waals surface area contributed by atoms with Gasteiger partial charge in [-0.05, 0) is 42.7 Å². The molecule has 1 aromatic carbocycles. The number of rotatable bonds is 9. The highest BCUT2D eigenvalue weighted by atomic mass is 16.3. The minimum absolute atomic E-state index is 0.129. The molecule has 0 aliphatic carbocycles. The molecule has 4 N–H and O–H groups in total. The van der Waals surface area contributed by atoms with Crippen molar-refractivity contribution in [3.8, 4) is 6.07 Å². The summed E-state index contributed by atoms with van der Waals surface area (Å²) in [4.78, 5) is 36.9. The topological polar surface area (TPSA) is 136 Å². The van der Waals surface area contributed by atoms with Gasteiger partial charge in [0.05, 0.1) is 18.9 Å². The van der Waals surface area contributed by atoms with Crippen molar-refractivity contribution in [3.05, 3.63) is 54.0 Å². The average Bonchev–Trinajstić information content (AvgIpc) is 3.23. The molecule has 1 aromatic heterocycles. The third kappa shape index (κ3) is 7.31. The van der Waals surface area contributed by atoms with E-state index in [1.165, 1.54) is 12.3 Å². The van der Waals surface area contributed by atoms with Gasteiger partial charge < -0.3 is 25.7 Å². The predicted molar refractivity (Wildman–Crippen MR) is 110 cm³/mol. The van der Waals surface area contributed by atoms with Crippen molar-refractivity contribution in [2.75, 3.05) is 11.9 Å². The summed E-state index contributed by atoms with van der Waals surface area (Å²) in [7, 11) is 0. The lowest BCUT2D eigenvalue weighted by Gasteiger charge is -2.19. The number of nitriles is 1. The molecule has 4 amide bonds. The van der Waals surface area contributed by atoms with Crippen molar-refractivity contribution in [3.63, 3.8) is 0 Å². The number of nitrogens with zero attached hydrogens (tertiary/aromatic N) is 1. The van der Waals surface area contributed by atoms with Gasteiger partial charge in [-0.15, -0.1) is 0 Å². The molecule has 0 radical (unpaired) electrons. The van der Waals surface area contributed by atoms with Crippen LogP contribution in [0.2, 0.25) is 0 Å². The van der Waals surface area contributed by atoms with Crippen LogP contribution >= 0.6 is 0 Å². The van der Waals surface area contributed by atoms with Crippen molar-refractivity contribution >= 4 is 23.5 Å². The van der Waals surface area contributed by atoms with Crippen LogP contribution in [-0.2, 0) is 11.3 Å². The lowest BCUT2D eigenvalue weighted by Crippen LogP contribution is -2.47. The van der Waals surface area contributed by atoms with Crippen molar-refractivity contribution < 1.29 is 18.8 Å². The van der Waals surface area contributed by atoms with E-state index in [2.05, 4.69) is 21.3 Å². The molecule has 9 nitrogen and oxygen atoms in total. The van der Waals surface area contributed by atoms with E-state index < -0.39 is 23.9 Å². The van der Waals surface area contributed by atoms with Crippen molar-refractivity contribution in [1.29, 1.82) is 5.26 Å². The molecule has 30 heavy (non-hydrogen) atoms. The van der Waals surface area contributed by atoms with E-state index in [9.17, 15) is 14.4 Å². The van der Waals surface area contributed by atoms with E-state index in [0.29, 0.717) is 23.4 Å². The molecule has 2 aromatic rings. The van der Waals surface area contributed by atoms with Crippen LogP contribution in [0.5, 0.6) is 0 Å². The molecule has 1 unspecified atom stereocenters. The Balaban J connectivity index is 1.98. The molecule has 1 heterocycles. The number of hydrogen-bond donors (Lipinski definition) is 4. The lowest BCUT2D eigenvalue weighted by molar-refractivity contribution is -0.123. The Kier molecular flexibility index (Phi) is 8.44. The van der Waals surface area contributed by atoms with Gasteiger partial charge in [0.1, 0.15) is 18.3 Å². The van der Waals surface area contributed by atoms with Crippen LogP contribution in [0.25, 0.3) is 0 Å². The number of anilines is 1. The molecule has 0 spiro atoms. The molecule has 0 bridgehead atoms.